The fourth-order valence-electron chi connectivity index (χ4n) is 1.50. The lowest BCUT2D eigenvalue weighted by Crippen LogP contribution is -2.45. The Labute approximate surface area is 89.6 Å². The van der Waals surface area contributed by atoms with Crippen LogP contribution in [0.5, 0.6) is 0 Å². The molecule has 2 unspecified atom stereocenters. The third kappa shape index (κ3) is 3.64. The van der Waals surface area contributed by atoms with Crippen molar-refractivity contribution in [3.8, 4) is 0 Å². The first-order chi connectivity index (χ1) is 6.94. The van der Waals surface area contributed by atoms with Gasteiger partial charge in [-0.2, -0.15) is 0 Å². The maximum absolute atomic E-state index is 11.4. The van der Waals surface area contributed by atoms with Gasteiger partial charge in [-0.15, -0.1) is 6.58 Å². The highest BCUT2D eigenvalue weighted by molar-refractivity contribution is 7.91. The Balaban J connectivity index is 2.43. The molecule has 0 radical (unpaired) electrons. The van der Waals surface area contributed by atoms with E-state index in [0.29, 0.717) is 12.8 Å². The van der Waals surface area contributed by atoms with Crippen LogP contribution in [0.3, 0.4) is 0 Å². The second-order valence-corrected chi connectivity index (χ2v) is 5.97. The lowest BCUT2D eigenvalue weighted by atomic mass is 10.2. The zero-order valence-electron chi connectivity index (χ0n) is 8.48. The number of nitrogens with one attached hydrogen (secondary N) is 1. The summed E-state index contributed by atoms with van der Waals surface area (Å²) in [4.78, 5) is 11.4. The minimum absolute atomic E-state index is 0.0273. The van der Waals surface area contributed by atoms with Gasteiger partial charge in [-0.05, 0) is 12.8 Å². The summed E-state index contributed by atoms with van der Waals surface area (Å²) in [7, 11) is -2.95. The van der Waals surface area contributed by atoms with Gasteiger partial charge in [0.2, 0.25) is 5.91 Å². The Hall–Kier alpha value is -0.880. The first-order valence-corrected chi connectivity index (χ1v) is 6.64. The summed E-state index contributed by atoms with van der Waals surface area (Å²) in [6, 6.07) is -0.913. The number of carbonyl (C=O) groups excluding carboxylic acids is 1. The van der Waals surface area contributed by atoms with E-state index in [-0.39, 0.29) is 23.5 Å². The molecule has 2 atom stereocenters. The summed E-state index contributed by atoms with van der Waals surface area (Å²) >= 11 is 0. The molecule has 1 aliphatic heterocycles. The van der Waals surface area contributed by atoms with Crippen LogP contribution in [-0.4, -0.2) is 37.9 Å². The van der Waals surface area contributed by atoms with Crippen molar-refractivity contribution in [2.24, 2.45) is 5.73 Å². The van der Waals surface area contributed by atoms with Crippen molar-refractivity contribution in [1.82, 2.24) is 5.32 Å². The molecule has 0 aliphatic carbocycles. The number of rotatable bonds is 4. The Morgan fingerprint density at radius 1 is 1.67 bits per heavy atom. The average Bonchev–Trinajstić information content (AvgIpc) is 2.46. The molecule has 6 heteroatoms. The van der Waals surface area contributed by atoms with Gasteiger partial charge < -0.3 is 11.1 Å². The van der Waals surface area contributed by atoms with E-state index in [2.05, 4.69) is 11.9 Å². The second kappa shape index (κ2) is 4.76. The highest BCUT2D eigenvalue weighted by Gasteiger charge is 2.29. The molecule has 0 spiro atoms. The smallest absolute Gasteiger partial charge is 0.237 e. The highest BCUT2D eigenvalue weighted by atomic mass is 32.2. The lowest BCUT2D eigenvalue weighted by Gasteiger charge is -2.14. The van der Waals surface area contributed by atoms with Crippen LogP contribution < -0.4 is 11.1 Å². The van der Waals surface area contributed by atoms with Crippen LogP contribution in [0.25, 0.3) is 0 Å². The number of sulfone groups is 1. The molecule has 5 nitrogen and oxygen atoms in total. The summed E-state index contributed by atoms with van der Waals surface area (Å²) in [6.07, 6.45) is 2.44. The molecular weight excluding hydrogens is 216 g/mol. The topological polar surface area (TPSA) is 89.3 Å². The Morgan fingerprint density at radius 3 is 2.80 bits per heavy atom. The molecule has 0 saturated carbocycles. The predicted molar refractivity (Wildman–Crippen MR) is 58.0 cm³/mol. The monoisotopic (exact) mass is 232 g/mol. The summed E-state index contributed by atoms with van der Waals surface area (Å²) in [5, 5.41) is 2.63. The number of hydrogen-bond acceptors (Lipinski definition) is 4. The molecule has 1 fully saturated rings. The van der Waals surface area contributed by atoms with Crippen LogP contribution in [0.4, 0.5) is 0 Å². The molecule has 1 rings (SSSR count). The molecule has 0 aromatic carbocycles. The molecule has 0 aromatic rings. The maximum Gasteiger partial charge on any atom is 0.237 e. The van der Waals surface area contributed by atoms with Crippen LogP contribution in [0.1, 0.15) is 12.8 Å². The van der Waals surface area contributed by atoms with Gasteiger partial charge in [0, 0.05) is 6.04 Å². The van der Waals surface area contributed by atoms with E-state index in [0.717, 1.165) is 0 Å². The molecule has 0 aromatic heterocycles. The quantitative estimate of drug-likeness (QED) is 0.621. The zero-order chi connectivity index (χ0) is 11.5. The SMILES string of the molecule is C=CCC(N)C(=O)NC1CCS(=O)(=O)C1. The first kappa shape index (κ1) is 12.2. The molecule has 15 heavy (non-hydrogen) atoms. The van der Waals surface area contributed by atoms with Gasteiger partial charge in [0.25, 0.3) is 0 Å². The van der Waals surface area contributed by atoms with Gasteiger partial charge in [-0.25, -0.2) is 8.42 Å². The van der Waals surface area contributed by atoms with Crippen LogP contribution >= 0.6 is 0 Å². The van der Waals surface area contributed by atoms with E-state index in [1.165, 1.54) is 0 Å². The number of hydrogen-bond donors (Lipinski definition) is 2. The average molecular weight is 232 g/mol. The fourth-order valence-corrected chi connectivity index (χ4v) is 3.18. The number of amides is 1. The van der Waals surface area contributed by atoms with E-state index in [4.69, 9.17) is 5.73 Å². The summed E-state index contributed by atoms with van der Waals surface area (Å²) in [5.74, 6) is -0.134. The van der Waals surface area contributed by atoms with Crippen molar-refractivity contribution in [1.29, 1.82) is 0 Å². The van der Waals surface area contributed by atoms with Crippen LogP contribution in [-0.2, 0) is 14.6 Å². The van der Waals surface area contributed by atoms with Crippen molar-refractivity contribution in [2.75, 3.05) is 11.5 Å². The van der Waals surface area contributed by atoms with Gasteiger partial charge in [0.1, 0.15) is 0 Å². The van der Waals surface area contributed by atoms with E-state index in [1.54, 1.807) is 6.08 Å². The van der Waals surface area contributed by atoms with E-state index < -0.39 is 15.9 Å². The normalized spacial score (nSPS) is 25.8. The molecule has 3 N–H and O–H groups in total. The lowest BCUT2D eigenvalue weighted by molar-refractivity contribution is -0.122. The van der Waals surface area contributed by atoms with Crippen molar-refractivity contribution in [3.63, 3.8) is 0 Å². The fraction of sp³-hybridized carbons (Fsp3) is 0.667. The van der Waals surface area contributed by atoms with Crippen LogP contribution in [0, 0.1) is 0 Å². The summed E-state index contributed by atoms with van der Waals surface area (Å²) < 4.78 is 22.2. The molecule has 1 heterocycles. The van der Waals surface area contributed by atoms with Crippen molar-refractivity contribution in [3.05, 3.63) is 12.7 Å². The standard InChI is InChI=1S/C9H16N2O3S/c1-2-3-8(10)9(12)11-7-4-5-15(13,14)6-7/h2,7-8H,1,3-6,10H2,(H,11,12). The van der Waals surface area contributed by atoms with Gasteiger partial charge in [0.05, 0.1) is 17.5 Å². The molecule has 1 aliphatic rings. The van der Waals surface area contributed by atoms with Gasteiger partial charge in [-0.1, -0.05) is 6.08 Å². The van der Waals surface area contributed by atoms with Crippen molar-refractivity contribution in [2.45, 2.75) is 24.9 Å². The Kier molecular flexibility index (Phi) is 3.87. The number of carbonyl (C=O) groups is 1. The van der Waals surface area contributed by atoms with Crippen molar-refractivity contribution < 1.29 is 13.2 Å². The van der Waals surface area contributed by atoms with E-state index in [1.807, 2.05) is 0 Å². The molecule has 1 amide bonds. The third-order valence-corrected chi connectivity index (χ3v) is 4.10. The predicted octanol–water partition coefficient (Wildman–Crippen LogP) is -0.807. The van der Waals surface area contributed by atoms with E-state index >= 15 is 0 Å². The van der Waals surface area contributed by atoms with E-state index in [9.17, 15) is 13.2 Å². The maximum atomic E-state index is 11.4. The van der Waals surface area contributed by atoms with Gasteiger partial charge >= 0.3 is 0 Å². The molecule has 0 bridgehead atoms. The first-order valence-electron chi connectivity index (χ1n) is 4.82. The molecule has 86 valence electrons. The second-order valence-electron chi connectivity index (χ2n) is 3.74. The highest BCUT2D eigenvalue weighted by Crippen LogP contribution is 2.11. The largest absolute Gasteiger partial charge is 0.351 e. The molecular formula is C9H16N2O3S. The minimum atomic E-state index is -2.95. The summed E-state index contributed by atoms with van der Waals surface area (Å²) in [5.41, 5.74) is 5.54. The third-order valence-electron chi connectivity index (χ3n) is 2.34. The van der Waals surface area contributed by atoms with Crippen LogP contribution in [0.2, 0.25) is 0 Å². The van der Waals surface area contributed by atoms with Crippen molar-refractivity contribution >= 4 is 15.7 Å². The van der Waals surface area contributed by atoms with Gasteiger partial charge in [-0.3, -0.25) is 4.79 Å². The summed E-state index contributed by atoms with van der Waals surface area (Å²) in [6.45, 7) is 3.48. The molecule has 1 saturated heterocycles. The number of nitrogens with two attached hydrogens (primary N) is 1. The van der Waals surface area contributed by atoms with Crippen LogP contribution in [0.15, 0.2) is 12.7 Å². The van der Waals surface area contributed by atoms with Gasteiger partial charge in [0.15, 0.2) is 9.84 Å². The Bertz CT molecular complexity index is 350. The Morgan fingerprint density at radius 2 is 2.33 bits per heavy atom. The zero-order valence-corrected chi connectivity index (χ0v) is 9.29. The minimum Gasteiger partial charge on any atom is -0.351 e.